The molecule has 0 bridgehead atoms. The standard InChI is InChI=1S/C13H20F3N3O2S/c1-18(11-6-4-2-3-5-7-11)22(20,21)12-8-17-19(9-12)10-13(14,15)16/h8-9,11H,2-7,10H2,1H3. The van der Waals surface area contributed by atoms with Crippen LogP contribution in [0.5, 0.6) is 0 Å². The van der Waals surface area contributed by atoms with Crippen LogP contribution < -0.4 is 0 Å². The summed E-state index contributed by atoms with van der Waals surface area (Å²) in [5, 5.41) is 3.50. The molecule has 5 nitrogen and oxygen atoms in total. The Balaban J connectivity index is 2.15. The topological polar surface area (TPSA) is 55.2 Å². The van der Waals surface area contributed by atoms with Gasteiger partial charge in [-0.3, -0.25) is 4.68 Å². The van der Waals surface area contributed by atoms with Crippen molar-refractivity contribution in [2.75, 3.05) is 7.05 Å². The van der Waals surface area contributed by atoms with Crippen molar-refractivity contribution in [3.63, 3.8) is 0 Å². The molecule has 22 heavy (non-hydrogen) atoms. The second-order valence-corrected chi connectivity index (χ2v) is 7.65. The minimum Gasteiger partial charge on any atom is -0.262 e. The van der Waals surface area contributed by atoms with E-state index in [-0.39, 0.29) is 10.9 Å². The molecule has 0 N–H and O–H groups in total. The van der Waals surface area contributed by atoms with Gasteiger partial charge < -0.3 is 0 Å². The third kappa shape index (κ3) is 4.22. The molecular weight excluding hydrogens is 319 g/mol. The van der Waals surface area contributed by atoms with Gasteiger partial charge in [0, 0.05) is 19.3 Å². The summed E-state index contributed by atoms with van der Waals surface area (Å²) >= 11 is 0. The summed E-state index contributed by atoms with van der Waals surface area (Å²) < 4.78 is 63.9. The van der Waals surface area contributed by atoms with E-state index in [1.165, 1.54) is 11.4 Å². The Hall–Kier alpha value is -1.09. The molecule has 1 aliphatic rings. The predicted molar refractivity (Wildman–Crippen MR) is 74.7 cm³/mol. The number of hydrogen-bond acceptors (Lipinski definition) is 3. The fourth-order valence-corrected chi connectivity index (χ4v) is 4.10. The van der Waals surface area contributed by atoms with Gasteiger partial charge >= 0.3 is 6.18 Å². The van der Waals surface area contributed by atoms with Gasteiger partial charge in [0.1, 0.15) is 11.4 Å². The van der Waals surface area contributed by atoms with Crippen molar-refractivity contribution in [2.45, 2.75) is 62.2 Å². The van der Waals surface area contributed by atoms with Gasteiger partial charge in [-0.15, -0.1) is 0 Å². The number of aromatic nitrogens is 2. The molecule has 0 aliphatic heterocycles. The molecule has 0 amide bonds. The molecule has 2 rings (SSSR count). The minimum atomic E-state index is -4.43. The van der Waals surface area contributed by atoms with E-state index in [2.05, 4.69) is 5.10 Å². The van der Waals surface area contributed by atoms with Crippen molar-refractivity contribution in [2.24, 2.45) is 0 Å². The number of hydrogen-bond donors (Lipinski definition) is 0. The summed E-state index contributed by atoms with van der Waals surface area (Å²) in [4.78, 5) is -0.191. The van der Waals surface area contributed by atoms with Crippen LogP contribution in [-0.2, 0) is 16.6 Å². The molecule has 1 fully saturated rings. The van der Waals surface area contributed by atoms with Crippen LogP contribution in [0, 0.1) is 0 Å². The number of halogens is 3. The van der Waals surface area contributed by atoms with Crippen LogP contribution in [0.3, 0.4) is 0 Å². The maximum Gasteiger partial charge on any atom is 0.408 e. The van der Waals surface area contributed by atoms with Crippen LogP contribution in [0.1, 0.15) is 38.5 Å². The highest BCUT2D eigenvalue weighted by Gasteiger charge is 2.32. The highest BCUT2D eigenvalue weighted by molar-refractivity contribution is 7.89. The fourth-order valence-electron chi connectivity index (χ4n) is 2.73. The molecule has 126 valence electrons. The van der Waals surface area contributed by atoms with E-state index >= 15 is 0 Å². The lowest BCUT2D eigenvalue weighted by Gasteiger charge is -2.25. The van der Waals surface area contributed by atoms with Gasteiger partial charge in [0.05, 0.1) is 6.20 Å². The van der Waals surface area contributed by atoms with Gasteiger partial charge in [-0.2, -0.15) is 22.6 Å². The smallest absolute Gasteiger partial charge is 0.262 e. The summed E-state index contributed by atoms with van der Waals surface area (Å²) in [7, 11) is -2.31. The van der Waals surface area contributed by atoms with Crippen molar-refractivity contribution in [3.8, 4) is 0 Å². The summed E-state index contributed by atoms with van der Waals surface area (Å²) in [6.45, 7) is -1.30. The largest absolute Gasteiger partial charge is 0.408 e. The van der Waals surface area contributed by atoms with Crippen LogP contribution >= 0.6 is 0 Å². The fraction of sp³-hybridized carbons (Fsp3) is 0.769. The molecule has 0 saturated heterocycles. The van der Waals surface area contributed by atoms with Gasteiger partial charge in [-0.1, -0.05) is 25.7 Å². The van der Waals surface area contributed by atoms with E-state index in [1.54, 1.807) is 0 Å². The average Bonchev–Trinajstić information content (AvgIpc) is 2.71. The van der Waals surface area contributed by atoms with E-state index in [0.29, 0.717) is 4.68 Å². The Labute approximate surface area is 128 Å². The van der Waals surface area contributed by atoms with Crippen molar-refractivity contribution < 1.29 is 21.6 Å². The first-order valence-corrected chi connectivity index (χ1v) is 8.71. The van der Waals surface area contributed by atoms with Gasteiger partial charge in [-0.25, -0.2) is 8.42 Å². The Kier molecular flexibility index (Phi) is 5.16. The molecule has 1 heterocycles. The zero-order valence-corrected chi connectivity index (χ0v) is 13.2. The molecule has 9 heteroatoms. The third-order valence-electron chi connectivity index (χ3n) is 3.97. The molecule has 0 unspecified atom stereocenters. The monoisotopic (exact) mass is 339 g/mol. The molecule has 1 saturated carbocycles. The van der Waals surface area contributed by atoms with Crippen molar-refractivity contribution >= 4 is 10.0 Å². The molecule has 0 aromatic carbocycles. The lowest BCUT2D eigenvalue weighted by atomic mass is 10.1. The molecule has 0 radical (unpaired) electrons. The van der Waals surface area contributed by atoms with E-state index in [4.69, 9.17) is 0 Å². The second kappa shape index (κ2) is 6.57. The molecule has 1 aliphatic carbocycles. The Morgan fingerprint density at radius 1 is 1.27 bits per heavy atom. The first-order valence-electron chi connectivity index (χ1n) is 7.27. The minimum absolute atomic E-state index is 0.0986. The highest BCUT2D eigenvalue weighted by atomic mass is 32.2. The SMILES string of the molecule is CN(C1CCCCCC1)S(=O)(=O)c1cnn(CC(F)(F)F)c1. The lowest BCUT2D eigenvalue weighted by molar-refractivity contribution is -0.142. The van der Waals surface area contributed by atoms with Gasteiger partial charge in [0.25, 0.3) is 0 Å². The molecule has 0 atom stereocenters. The summed E-state index contributed by atoms with van der Waals surface area (Å²) in [5.41, 5.74) is 0. The summed E-state index contributed by atoms with van der Waals surface area (Å²) in [6.07, 6.45) is 3.18. The van der Waals surface area contributed by atoms with Crippen LogP contribution in [-0.4, -0.2) is 41.8 Å². The third-order valence-corrected chi connectivity index (χ3v) is 5.83. The van der Waals surface area contributed by atoms with E-state index in [0.717, 1.165) is 50.9 Å². The Morgan fingerprint density at radius 3 is 2.41 bits per heavy atom. The number of rotatable bonds is 4. The Morgan fingerprint density at radius 2 is 1.86 bits per heavy atom. The molecule has 1 aromatic rings. The molecule has 1 aromatic heterocycles. The predicted octanol–water partition coefficient (Wildman–Crippen LogP) is 2.79. The first-order chi connectivity index (χ1) is 10.2. The Bertz CT molecular complexity index is 590. The number of sulfonamides is 1. The van der Waals surface area contributed by atoms with Crippen LogP contribution in [0.2, 0.25) is 0 Å². The number of nitrogens with zero attached hydrogens (tertiary/aromatic N) is 3. The number of alkyl halides is 3. The lowest BCUT2D eigenvalue weighted by Crippen LogP contribution is -2.36. The summed E-state index contributed by atoms with van der Waals surface area (Å²) in [5.74, 6) is 0. The quantitative estimate of drug-likeness (QED) is 0.793. The van der Waals surface area contributed by atoms with E-state index in [9.17, 15) is 21.6 Å². The average molecular weight is 339 g/mol. The van der Waals surface area contributed by atoms with Crippen LogP contribution in [0.4, 0.5) is 13.2 Å². The second-order valence-electron chi connectivity index (χ2n) is 5.66. The zero-order valence-electron chi connectivity index (χ0n) is 12.4. The van der Waals surface area contributed by atoms with Gasteiger partial charge in [-0.05, 0) is 12.8 Å². The maximum atomic E-state index is 12.5. The van der Waals surface area contributed by atoms with E-state index < -0.39 is 22.7 Å². The molecular formula is C13H20F3N3O2S. The van der Waals surface area contributed by atoms with Crippen molar-refractivity contribution in [1.82, 2.24) is 14.1 Å². The van der Waals surface area contributed by atoms with Gasteiger partial charge in [0.2, 0.25) is 10.0 Å². The maximum absolute atomic E-state index is 12.5. The highest BCUT2D eigenvalue weighted by Crippen LogP contribution is 2.26. The van der Waals surface area contributed by atoms with Crippen molar-refractivity contribution in [3.05, 3.63) is 12.4 Å². The van der Waals surface area contributed by atoms with Crippen LogP contribution in [0.25, 0.3) is 0 Å². The zero-order chi connectivity index (χ0) is 16.4. The normalized spacial score (nSPS) is 18.6. The van der Waals surface area contributed by atoms with Gasteiger partial charge in [0.15, 0.2) is 0 Å². The van der Waals surface area contributed by atoms with Crippen LogP contribution in [0.15, 0.2) is 17.3 Å². The van der Waals surface area contributed by atoms with Crippen molar-refractivity contribution in [1.29, 1.82) is 0 Å². The first kappa shape index (κ1) is 17.3. The van der Waals surface area contributed by atoms with E-state index in [1.807, 2.05) is 0 Å². The molecule has 0 spiro atoms. The summed E-state index contributed by atoms with van der Waals surface area (Å²) in [6, 6.07) is -0.0986.